The van der Waals surface area contributed by atoms with Gasteiger partial charge in [0.2, 0.25) is 0 Å². The van der Waals surface area contributed by atoms with Crippen LogP contribution in [0.3, 0.4) is 0 Å². The van der Waals surface area contributed by atoms with Crippen LogP contribution in [0.1, 0.15) is 48.2 Å². The quantitative estimate of drug-likeness (QED) is 0.219. The highest BCUT2D eigenvalue weighted by Crippen LogP contribution is 2.27. The lowest BCUT2D eigenvalue weighted by atomic mass is 9.88. The van der Waals surface area contributed by atoms with E-state index >= 15 is 0 Å². The first-order chi connectivity index (χ1) is 15.7. The number of rotatable bonds is 9. The highest BCUT2D eigenvalue weighted by Gasteiger charge is 2.29. The van der Waals surface area contributed by atoms with Crippen LogP contribution >= 0.6 is 0 Å². The smallest absolute Gasteiger partial charge is 0.343 e. The van der Waals surface area contributed by atoms with Gasteiger partial charge in [-0.05, 0) is 94.1 Å². The highest BCUT2D eigenvalue weighted by atomic mass is 16.5. The van der Waals surface area contributed by atoms with Crippen molar-refractivity contribution in [2.75, 3.05) is 6.61 Å². The molecular formula is C28H30O5. The summed E-state index contributed by atoms with van der Waals surface area (Å²) in [5.74, 6) is 0.905. The van der Waals surface area contributed by atoms with Crippen molar-refractivity contribution in [2.45, 2.75) is 40.5 Å². The summed E-state index contributed by atoms with van der Waals surface area (Å²) in [6.07, 6.45) is 1.35. The standard InChI is InChI=1S/C28H30O5/c1-20-11-12-21(2)25(19-20)31-18-8-17-28(3,4)27(30)33-24-15-13-23(14-16-24)32-26(29)22-9-6-5-7-10-22/h5-7,9-16,19H,8,17-18H2,1-4H3. The molecule has 0 spiro atoms. The molecule has 0 heterocycles. The molecule has 5 nitrogen and oxygen atoms in total. The van der Waals surface area contributed by atoms with E-state index in [0.717, 1.165) is 23.3 Å². The second-order valence-corrected chi connectivity index (χ2v) is 8.72. The Labute approximate surface area is 195 Å². The summed E-state index contributed by atoms with van der Waals surface area (Å²) in [6, 6.07) is 21.3. The lowest BCUT2D eigenvalue weighted by Gasteiger charge is -2.22. The molecule has 0 bridgehead atoms. The Morgan fingerprint density at radius 1 is 0.818 bits per heavy atom. The normalized spacial score (nSPS) is 11.0. The van der Waals surface area contributed by atoms with Gasteiger partial charge in [-0.25, -0.2) is 4.79 Å². The first kappa shape index (κ1) is 24.1. The van der Waals surface area contributed by atoms with Crippen molar-refractivity contribution in [1.82, 2.24) is 0 Å². The third-order valence-electron chi connectivity index (χ3n) is 5.35. The van der Waals surface area contributed by atoms with Crippen LogP contribution in [0.25, 0.3) is 0 Å². The molecule has 0 saturated carbocycles. The largest absolute Gasteiger partial charge is 0.493 e. The molecule has 0 amide bonds. The van der Waals surface area contributed by atoms with E-state index in [0.29, 0.717) is 30.1 Å². The van der Waals surface area contributed by atoms with Gasteiger partial charge in [-0.1, -0.05) is 30.3 Å². The van der Waals surface area contributed by atoms with Gasteiger partial charge in [-0.2, -0.15) is 0 Å². The van der Waals surface area contributed by atoms with Crippen molar-refractivity contribution < 1.29 is 23.8 Å². The predicted molar refractivity (Wildman–Crippen MR) is 128 cm³/mol. The molecule has 0 aromatic heterocycles. The number of ether oxygens (including phenoxy) is 3. The number of esters is 2. The molecule has 3 aromatic carbocycles. The maximum Gasteiger partial charge on any atom is 0.343 e. The molecule has 0 aliphatic heterocycles. The lowest BCUT2D eigenvalue weighted by molar-refractivity contribution is -0.144. The zero-order valence-corrected chi connectivity index (χ0v) is 19.6. The Balaban J connectivity index is 1.47. The minimum Gasteiger partial charge on any atom is -0.493 e. The molecule has 172 valence electrons. The van der Waals surface area contributed by atoms with Crippen LogP contribution in [0.4, 0.5) is 0 Å². The highest BCUT2D eigenvalue weighted by molar-refractivity contribution is 5.91. The van der Waals surface area contributed by atoms with Crippen LogP contribution in [0, 0.1) is 19.3 Å². The zero-order chi connectivity index (χ0) is 23.8. The molecule has 0 aliphatic carbocycles. The molecule has 0 N–H and O–H groups in total. The number of carbonyl (C=O) groups excluding carboxylic acids is 2. The summed E-state index contributed by atoms with van der Waals surface area (Å²) in [4.78, 5) is 24.8. The maximum absolute atomic E-state index is 12.7. The summed E-state index contributed by atoms with van der Waals surface area (Å²) in [7, 11) is 0. The minimum atomic E-state index is -0.663. The van der Waals surface area contributed by atoms with E-state index in [1.807, 2.05) is 45.9 Å². The fraction of sp³-hybridized carbons (Fsp3) is 0.286. The molecule has 0 fully saturated rings. The van der Waals surface area contributed by atoms with Crippen molar-refractivity contribution in [3.63, 3.8) is 0 Å². The number of hydrogen-bond acceptors (Lipinski definition) is 5. The molecule has 0 radical (unpaired) electrons. The SMILES string of the molecule is Cc1ccc(C)c(OCCCC(C)(C)C(=O)Oc2ccc(OC(=O)c3ccccc3)cc2)c1. The maximum atomic E-state index is 12.7. The molecule has 0 unspecified atom stereocenters. The fourth-order valence-electron chi connectivity index (χ4n) is 3.22. The number of benzene rings is 3. The third kappa shape index (κ3) is 6.94. The molecule has 0 aliphatic rings. The van der Waals surface area contributed by atoms with Gasteiger partial charge in [0.15, 0.2) is 0 Å². The molecule has 0 saturated heterocycles. The van der Waals surface area contributed by atoms with Crippen LogP contribution in [0.15, 0.2) is 72.8 Å². The summed E-state index contributed by atoms with van der Waals surface area (Å²) in [6.45, 7) is 8.31. The van der Waals surface area contributed by atoms with E-state index in [1.165, 1.54) is 0 Å². The lowest BCUT2D eigenvalue weighted by Crippen LogP contribution is -2.29. The minimum absolute atomic E-state index is 0.316. The molecular weight excluding hydrogens is 416 g/mol. The number of hydrogen-bond donors (Lipinski definition) is 0. The Hall–Kier alpha value is -3.60. The van der Waals surface area contributed by atoms with Gasteiger partial charge in [0, 0.05) is 0 Å². The first-order valence-corrected chi connectivity index (χ1v) is 11.0. The summed E-state index contributed by atoms with van der Waals surface area (Å²) in [5, 5.41) is 0. The second kappa shape index (κ2) is 10.8. The van der Waals surface area contributed by atoms with E-state index in [2.05, 4.69) is 6.07 Å². The van der Waals surface area contributed by atoms with Crippen LogP contribution in [0.5, 0.6) is 17.2 Å². The van der Waals surface area contributed by atoms with Crippen molar-refractivity contribution in [3.05, 3.63) is 89.5 Å². The van der Waals surface area contributed by atoms with E-state index < -0.39 is 11.4 Å². The van der Waals surface area contributed by atoms with Gasteiger partial charge >= 0.3 is 11.9 Å². The van der Waals surface area contributed by atoms with E-state index in [1.54, 1.807) is 48.5 Å². The number of carbonyl (C=O) groups is 2. The van der Waals surface area contributed by atoms with Crippen LogP contribution in [0.2, 0.25) is 0 Å². The molecule has 3 aromatic rings. The van der Waals surface area contributed by atoms with E-state index in [-0.39, 0.29) is 5.97 Å². The van der Waals surface area contributed by atoms with Crippen molar-refractivity contribution in [3.8, 4) is 17.2 Å². The van der Waals surface area contributed by atoms with Gasteiger partial charge < -0.3 is 14.2 Å². The summed E-state index contributed by atoms with van der Waals surface area (Å²) >= 11 is 0. The van der Waals surface area contributed by atoms with Gasteiger partial charge in [0.05, 0.1) is 17.6 Å². The van der Waals surface area contributed by atoms with Crippen LogP contribution < -0.4 is 14.2 Å². The third-order valence-corrected chi connectivity index (χ3v) is 5.35. The van der Waals surface area contributed by atoms with E-state index in [4.69, 9.17) is 14.2 Å². The van der Waals surface area contributed by atoms with Crippen LogP contribution in [-0.2, 0) is 4.79 Å². The first-order valence-electron chi connectivity index (χ1n) is 11.0. The van der Waals surface area contributed by atoms with Gasteiger partial charge in [-0.3, -0.25) is 4.79 Å². The van der Waals surface area contributed by atoms with Gasteiger partial charge in [0.25, 0.3) is 0 Å². The summed E-state index contributed by atoms with van der Waals surface area (Å²) < 4.78 is 16.8. The van der Waals surface area contributed by atoms with Gasteiger partial charge in [-0.15, -0.1) is 0 Å². The molecule has 33 heavy (non-hydrogen) atoms. The number of aryl methyl sites for hydroxylation is 2. The Kier molecular flexibility index (Phi) is 7.88. The van der Waals surface area contributed by atoms with Crippen molar-refractivity contribution in [1.29, 1.82) is 0 Å². The van der Waals surface area contributed by atoms with Gasteiger partial charge in [0.1, 0.15) is 17.2 Å². The average Bonchev–Trinajstić information content (AvgIpc) is 2.80. The predicted octanol–water partition coefficient (Wildman–Crippen LogP) is 6.31. The molecule has 5 heteroatoms. The zero-order valence-electron chi connectivity index (χ0n) is 19.6. The van der Waals surface area contributed by atoms with E-state index in [9.17, 15) is 9.59 Å². The summed E-state index contributed by atoms with van der Waals surface area (Å²) in [5.41, 5.74) is 2.05. The van der Waals surface area contributed by atoms with Crippen LogP contribution in [-0.4, -0.2) is 18.5 Å². The molecule has 3 rings (SSSR count). The average molecular weight is 447 g/mol. The van der Waals surface area contributed by atoms with Crippen molar-refractivity contribution in [2.24, 2.45) is 5.41 Å². The Bertz CT molecular complexity index is 1090. The Morgan fingerprint density at radius 2 is 1.45 bits per heavy atom. The fourth-order valence-corrected chi connectivity index (χ4v) is 3.22. The van der Waals surface area contributed by atoms with Crippen molar-refractivity contribution >= 4 is 11.9 Å². The monoisotopic (exact) mass is 446 g/mol. The second-order valence-electron chi connectivity index (χ2n) is 8.72. The Morgan fingerprint density at radius 3 is 2.12 bits per heavy atom. The topological polar surface area (TPSA) is 61.8 Å². The molecule has 0 atom stereocenters.